The van der Waals surface area contributed by atoms with Gasteiger partial charge in [0.05, 0.1) is 18.9 Å². The first-order chi connectivity index (χ1) is 12.9. The number of amides is 1. The Hall–Kier alpha value is -1.85. The molecule has 1 heterocycles. The normalized spacial score (nSPS) is 17.6. The van der Waals surface area contributed by atoms with Gasteiger partial charge in [0.2, 0.25) is 5.91 Å². The molecule has 1 aliphatic rings. The Balaban J connectivity index is 1.62. The van der Waals surface area contributed by atoms with Crippen LogP contribution in [0.3, 0.4) is 0 Å². The molecule has 1 amide bonds. The van der Waals surface area contributed by atoms with Crippen LogP contribution in [0.15, 0.2) is 42.5 Å². The lowest BCUT2D eigenvalue weighted by atomic mass is 9.89. The lowest BCUT2D eigenvalue weighted by Gasteiger charge is -2.38. The highest BCUT2D eigenvalue weighted by Crippen LogP contribution is 2.41. The topological polar surface area (TPSA) is 47.6 Å². The van der Waals surface area contributed by atoms with Crippen LogP contribution in [0, 0.1) is 0 Å². The van der Waals surface area contributed by atoms with E-state index in [1.54, 1.807) is 18.9 Å². The average molecular weight is 406 g/mol. The Labute approximate surface area is 169 Å². The summed E-state index contributed by atoms with van der Waals surface area (Å²) in [4.78, 5) is 12.5. The predicted octanol–water partition coefficient (Wildman–Crippen LogP) is 5.00. The number of rotatable bonds is 6. The fourth-order valence-corrected chi connectivity index (χ4v) is 4.21. The molecule has 6 heteroatoms. The Morgan fingerprint density at radius 3 is 2.89 bits per heavy atom. The van der Waals surface area contributed by atoms with Gasteiger partial charge < -0.3 is 14.8 Å². The van der Waals surface area contributed by atoms with Gasteiger partial charge in [-0.25, -0.2) is 0 Å². The smallest absolute Gasteiger partial charge is 0.230 e. The van der Waals surface area contributed by atoms with Crippen LogP contribution in [0.25, 0.3) is 0 Å². The first kappa shape index (κ1) is 19.9. The molecule has 0 radical (unpaired) electrons. The number of fused-ring (bicyclic) bond motifs is 1. The minimum atomic E-state index is -0.356. The number of benzene rings is 2. The van der Waals surface area contributed by atoms with Gasteiger partial charge in [0.1, 0.15) is 17.1 Å². The van der Waals surface area contributed by atoms with E-state index in [9.17, 15) is 4.79 Å². The lowest BCUT2D eigenvalue weighted by Crippen LogP contribution is -2.41. The molecule has 1 aliphatic heterocycles. The third kappa shape index (κ3) is 5.33. The van der Waals surface area contributed by atoms with E-state index in [1.165, 1.54) is 0 Å². The summed E-state index contributed by atoms with van der Waals surface area (Å²) in [5, 5.41) is 3.88. The molecule has 1 unspecified atom stereocenters. The molecule has 0 spiro atoms. The molecule has 1 N–H and O–H groups in total. The summed E-state index contributed by atoms with van der Waals surface area (Å²) >= 11 is 7.58. The lowest BCUT2D eigenvalue weighted by molar-refractivity contribution is -0.119. The molecule has 4 nitrogen and oxygen atoms in total. The van der Waals surface area contributed by atoms with Gasteiger partial charge in [-0.05, 0) is 43.7 Å². The van der Waals surface area contributed by atoms with E-state index in [4.69, 9.17) is 21.1 Å². The quantitative estimate of drug-likeness (QED) is 0.734. The fraction of sp³-hybridized carbons (Fsp3) is 0.381. The summed E-state index contributed by atoms with van der Waals surface area (Å²) in [6, 6.07) is 13.4. The highest BCUT2D eigenvalue weighted by Gasteiger charge is 2.34. The largest absolute Gasteiger partial charge is 0.497 e. The van der Waals surface area contributed by atoms with Crippen molar-refractivity contribution in [2.24, 2.45) is 0 Å². The number of nitrogens with one attached hydrogen (secondary N) is 1. The summed E-state index contributed by atoms with van der Waals surface area (Å²) in [5.41, 5.74) is 1.75. The van der Waals surface area contributed by atoms with Gasteiger partial charge in [0.25, 0.3) is 0 Å². The molecule has 2 aromatic rings. The third-order valence-corrected chi connectivity index (χ3v) is 5.64. The van der Waals surface area contributed by atoms with E-state index in [0.29, 0.717) is 10.8 Å². The van der Waals surface area contributed by atoms with Crippen molar-refractivity contribution in [3.63, 3.8) is 0 Å². The number of halogens is 1. The van der Waals surface area contributed by atoms with E-state index in [-0.39, 0.29) is 17.6 Å². The molecule has 0 aromatic heterocycles. The summed E-state index contributed by atoms with van der Waals surface area (Å²) in [5.74, 6) is 2.68. The van der Waals surface area contributed by atoms with Crippen molar-refractivity contribution < 1.29 is 14.3 Å². The van der Waals surface area contributed by atoms with Crippen molar-refractivity contribution in [2.75, 3.05) is 12.9 Å². The number of thioether (sulfide) groups is 1. The first-order valence-corrected chi connectivity index (χ1v) is 10.4. The van der Waals surface area contributed by atoms with Gasteiger partial charge in [-0.3, -0.25) is 4.79 Å². The second kappa shape index (κ2) is 8.44. The van der Waals surface area contributed by atoms with Gasteiger partial charge in [-0.2, -0.15) is 0 Å². The molecular formula is C21H24ClNO3S. The van der Waals surface area contributed by atoms with Crippen molar-refractivity contribution in [1.29, 1.82) is 0 Å². The molecule has 0 aliphatic carbocycles. The van der Waals surface area contributed by atoms with Crippen molar-refractivity contribution >= 4 is 29.3 Å². The Morgan fingerprint density at radius 1 is 1.33 bits per heavy atom. The number of ether oxygens (including phenoxy) is 2. The zero-order chi connectivity index (χ0) is 19.4. The van der Waals surface area contributed by atoms with Gasteiger partial charge in [0.15, 0.2) is 0 Å². The van der Waals surface area contributed by atoms with Gasteiger partial charge in [0, 0.05) is 28.8 Å². The van der Waals surface area contributed by atoms with Crippen molar-refractivity contribution in [1.82, 2.24) is 5.32 Å². The average Bonchev–Trinajstić information content (AvgIpc) is 2.60. The zero-order valence-corrected chi connectivity index (χ0v) is 17.3. The van der Waals surface area contributed by atoms with Crippen LogP contribution >= 0.6 is 23.4 Å². The molecule has 27 heavy (non-hydrogen) atoms. The van der Waals surface area contributed by atoms with Crippen LogP contribution < -0.4 is 14.8 Å². The van der Waals surface area contributed by atoms with Crippen LogP contribution in [-0.2, 0) is 10.5 Å². The van der Waals surface area contributed by atoms with Gasteiger partial charge >= 0.3 is 0 Å². The van der Waals surface area contributed by atoms with Gasteiger partial charge in [-0.1, -0.05) is 23.7 Å². The van der Waals surface area contributed by atoms with Crippen molar-refractivity contribution in [2.45, 2.75) is 37.7 Å². The number of carbonyl (C=O) groups is 1. The standard InChI is InChI=1S/C21H24ClNO3S/c1-21(2)11-18(17-8-7-16(25-3)10-19(17)26-21)23-20(24)13-27-12-14-5-4-6-15(22)9-14/h4-10,18H,11-13H2,1-3H3,(H,23,24). The van der Waals surface area contributed by atoms with E-state index < -0.39 is 0 Å². The van der Waals surface area contributed by atoms with Gasteiger partial charge in [-0.15, -0.1) is 11.8 Å². The Morgan fingerprint density at radius 2 is 2.15 bits per heavy atom. The maximum Gasteiger partial charge on any atom is 0.230 e. The minimum absolute atomic E-state index is 0.0199. The zero-order valence-electron chi connectivity index (χ0n) is 15.8. The molecule has 0 fully saturated rings. The summed E-state index contributed by atoms with van der Waals surface area (Å²) in [6.45, 7) is 4.06. The minimum Gasteiger partial charge on any atom is -0.497 e. The summed E-state index contributed by atoms with van der Waals surface area (Å²) < 4.78 is 11.4. The maximum absolute atomic E-state index is 12.5. The van der Waals surface area contributed by atoms with E-state index >= 15 is 0 Å². The van der Waals surface area contributed by atoms with E-state index in [1.807, 2.05) is 56.3 Å². The number of carbonyl (C=O) groups excluding carboxylic acids is 1. The SMILES string of the molecule is COc1ccc2c(c1)OC(C)(C)CC2NC(=O)CSCc1cccc(Cl)c1. The van der Waals surface area contributed by atoms with E-state index in [2.05, 4.69) is 5.32 Å². The molecule has 1 atom stereocenters. The third-order valence-electron chi connectivity index (χ3n) is 4.40. The van der Waals surface area contributed by atoms with Crippen LogP contribution in [0.1, 0.15) is 37.4 Å². The highest BCUT2D eigenvalue weighted by molar-refractivity contribution is 7.99. The second-order valence-corrected chi connectivity index (χ2v) is 8.63. The summed E-state index contributed by atoms with van der Waals surface area (Å²) in [7, 11) is 1.63. The molecule has 0 saturated heterocycles. The first-order valence-electron chi connectivity index (χ1n) is 8.85. The monoisotopic (exact) mass is 405 g/mol. The van der Waals surface area contributed by atoms with E-state index in [0.717, 1.165) is 34.8 Å². The number of hydrogen-bond donors (Lipinski definition) is 1. The van der Waals surface area contributed by atoms with Crippen molar-refractivity contribution in [3.8, 4) is 11.5 Å². The Bertz CT molecular complexity index is 825. The van der Waals surface area contributed by atoms with Crippen LogP contribution in [0.4, 0.5) is 0 Å². The summed E-state index contributed by atoms with van der Waals surface area (Å²) in [6.07, 6.45) is 0.719. The molecule has 0 saturated carbocycles. The molecule has 3 rings (SSSR count). The maximum atomic E-state index is 12.5. The number of methoxy groups -OCH3 is 1. The predicted molar refractivity (Wildman–Crippen MR) is 111 cm³/mol. The molecular weight excluding hydrogens is 382 g/mol. The second-order valence-electron chi connectivity index (χ2n) is 7.21. The molecule has 144 valence electrons. The van der Waals surface area contributed by atoms with Crippen molar-refractivity contribution in [3.05, 3.63) is 58.6 Å². The molecule has 0 bridgehead atoms. The van der Waals surface area contributed by atoms with Crippen LogP contribution in [0.2, 0.25) is 5.02 Å². The number of hydrogen-bond acceptors (Lipinski definition) is 4. The fourth-order valence-electron chi connectivity index (χ4n) is 3.21. The Kier molecular flexibility index (Phi) is 6.22. The van der Waals surface area contributed by atoms with Crippen LogP contribution in [0.5, 0.6) is 11.5 Å². The molecule has 2 aromatic carbocycles. The van der Waals surface area contributed by atoms with Crippen LogP contribution in [-0.4, -0.2) is 24.4 Å². The highest BCUT2D eigenvalue weighted by atomic mass is 35.5.